The minimum atomic E-state index is 0.319. The van der Waals surface area contributed by atoms with Gasteiger partial charge in [-0.15, -0.1) is 0 Å². The molecule has 0 radical (unpaired) electrons. The zero-order valence-electron chi connectivity index (χ0n) is 16.9. The number of aryl methyl sites for hydroxylation is 2. The molecule has 2 aromatic carbocycles. The number of aromatic amines is 1. The smallest absolute Gasteiger partial charge is 0.0606 e. The highest BCUT2D eigenvalue weighted by Gasteiger charge is 2.25. The van der Waals surface area contributed by atoms with Crippen LogP contribution in [0.4, 0.5) is 0 Å². The van der Waals surface area contributed by atoms with Crippen molar-refractivity contribution < 1.29 is 0 Å². The highest BCUT2D eigenvalue weighted by Crippen LogP contribution is 2.37. The lowest BCUT2D eigenvalue weighted by Gasteiger charge is -2.27. The summed E-state index contributed by atoms with van der Waals surface area (Å²) in [5.74, 6) is 0. The van der Waals surface area contributed by atoms with Crippen LogP contribution in [0.15, 0.2) is 60.8 Å². The van der Waals surface area contributed by atoms with E-state index in [4.69, 9.17) is 0 Å². The van der Waals surface area contributed by atoms with Crippen molar-refractivity contribution in [2.75, 3.05) is 0 Å². The lowest BCUT2D eigenvalue weighted by molar-refractivity contribution is 0.410. The van der Waals surface area contributed by atoms with Gasteiger partial charge < -0.3 is 10.3 Å². The van der Waals surface area contributed by atoms with E-state index in [1.165, 1.54) is 39.7 Å². The maximum atomic E-state index is 4.12. The standard InChI is InChI=1S/C25H26N4/c1-16-13-20(15-26-29-16)19-11-12-23-22(14-19)21-9-6-10-24(25(21)28-23)27-17(2)18-7-4-3-5-8-18/h3-5,7-8,11-15,17,24,27-28H,6,9-10H2,1-2H3/t17-,24-/m1/s1. The molecule has 2 heterocycles. The molecule has 0 amide bonds. The molecule has 0 fully saturated rings. The molecular formula is C25H26N4. The number of fused-ring (bicyclic) bond motifs is 3. The lowest BCUT2D eigenvalue weighted by atomic mass is 9.90. The van der Waals surface area contributed by atoms with Crippen molar-refractivity contribution in [3.8, 4) is 11.1 Å². The SMILES string of the molecule is Cc1cc(-c2ccc3[nH]c4c(c3c2)CCC[C@H]4N[C@H](C)c2ccccc2)cnn1. The maximum absolute atomic E-state index is 4.12. The van der Waals surface area contributed by atoms with Crippen LogP contribution < -0.4 is 5.32 Å². The summed E-state index contributed by atoms with van der Waals surface area (Å²) in [6.45, 7) is 4.24. The molecule has 0 saturated heterocycles. The summed E-state index contributed by atoms with van der Waals surface area (Å²) < 4.78 is 0. The van der Waals surface area contributed by atoms with Crippen LogP contribution in [0, 0.1) is 6.92 Å². The van der Waals surface area contributed by atoms with E-state index in [9.17, 15) is 0 Å². The molecule has 4 nitrogen and oxygen atoms in total. The van der Waals surface area contributed by atoms with E-state index >= 15 is 0 Å². The predicted molar refractivity (Wildman–Crippen MR) is 118 cm³/mol. The summed E-state index contributed by atoms with van der Waals surface area (Å²) >= 11 is 0. The third-order valence-electron chi connectivity index (χ3n) is 6.07. The molecule has 4 aromatic rings. The van der Waals surface area contributed by atoms with E-state index in [-0.39, 0.29) is 0 Å². The van der Waals surface area contributed by atoms with Crippen LogP contribution >= 0.6 is 0 Å². The van der Waals surface area contributed by atoms with Gasteiger partial charge in [-0.25, -0.2) is 0 Å². The van der Waals surface area contributed by atoms with Gasteiger partial charge in [-0.1, -0.05) is 36.4 Å². The van der Waals surface area contributed by atoms with Gasteiger partial charge in [-0.3, -0.25) is 0 Å². The van der Waals surface area contributed by atoms with Gasteiger partial charge in [0.2, 0.25) is 0 Å². The van der Waals surface area contributed by atoms with Crippen molar-refractivity contribution in [3.63, 3.8) is 0 Å². The first-order chi connectivity index (χ1) is 14.2. The van der Waals surface area contributed by atoms with Gasteiger partial charge in [0.1, 0.15) is 0 Å². The van der Waals surface area contributed by atoms with E-state index in [0.29, 0.717) is 12.1 Å². The van der Waals surface area contributed by atoms with Gasteiger partial charge in [0.25, 0.3) is 0 Å². The summed E-state index contributed by atoms with van der Waals surface area (Å²) in [7, 11) is 0. The fraction of sp³-hybridized carbons (Fsp3) is 0.280. The number of benzene rings is 2. The van der Waals surface area contributed by atoms with Crippen LogP contribution in [-0.4, -0.2) is 15.2 Å². The zero-order chi connectivity index (χ0) is 19.8. The van der Waals surface area contributed by atoms with Crippen molar-refractivity contribution >= 4 is 10.9 Å². The quantitative estimate of drug-likeness (QED) is 0.479. The van der Waals surface area contributed by atoms with E-state index < -0.39 is 0 Å². The third-order valence-corrected chi connectivity index (χ3v) is 6.07. The topological polar surface area (TPSA) is 53.6 Å². The molecule has 2 N–H and O–H groups in total. The predicted octanol–water partition coefficient (Wildman–Crippen LogP) is 5.66. The Labute approximate surface area is 171 Å². The number of rotatable bonds is 4. The van der Waals surface area contributed by atoms with Crippen LogP contribution in [0.5, 0.6) is 0 Å². The Morgan fingerprint density at radius 2 is 1.93 bits per heavy atom. The minimum Gasteiger partial charge on any atom is -0.357 e. The van der Waals surface area contributed by atoms with Crippen molar-refractivity contribution in [1.82, 2.24) is 20.5 Å². The van der Waals surface area contributed by atoms with Gasteiger partial charge >= 0.3 is 0 Å². The second-order valence-corrected chi connectivity index (χ2v) is 8.11. The van der Waals surface area contributed by atoms with Gasteiger partial charge in [0, 0.05) is 34.2 Å². The normalized spacial score (nSPS) is 17.2. The number of hydrogen-bond donors (Lipinski definition) is 2. The zero-order valence-corrected chi connectivity index (χ0v) is 16.9. The van der Waals surface area contributed by atoms with Crippen LogP contribution in [0.2, 0.25) is 0 Å². The van der Waals surface area contributed by atoms with Gasteiger partial charge in [0.05, 0.1) is 11.9 Å². The molecule has 2 aromatic heterocycles. The van der Waals surface area contributed by atoms with Crippen molar-refractivity contribution in [2.24, 2.45) is 0 Å². The highest BCUT2D eigenvalue weighted by molar-refractivity contribution is 5.89. The first kappa shape index (κ1) is 18.1. The van der Waals surface area contributed by atoms with Gasteiger partial charge in [-0.05, 0) is 68.0 Å². The van der Waals surface area contributed by atoms with E-state index in [1.807, 2.05) is 13.1 Å². The summed E-state index contributed by atoms with van der Waals surface area (Å²) in [5, 5.41) is 13.4. The summed E-state index contributed by atoms with van der Waals surface area (Å²) in [6.07, 6.45) is 5.35. The Balaban J connectivity index is 1.50. The van der Waals surface area contributed by atoms with Crippen molar-refractivity contribution in [1.29, 1.82) is 0 Å². The van der Waals surface area contributed by atoms with Gasteiger partial charge in [0.15, 0.2) is 0 Å². The Hall–Kier alpha value is -2.98. The first-order valence-corrected chi connectivity index (χ1v) is 10.4. The Kier molecular flexibility index (Phi) is 4.64. The monoisotopic (exact) mass is 382 g/mol. The van der Waals surface area contributed by atoms with Gasteiger partial charge in [-0.2, -0.15) is 10.2 Å². The largest absolute Gasteiger partial charge is 0.357 e. The molecule has 1 aliphatic carbocycles. The second kappa shape index (κ2) is 7.45. The molecule has 0 unspecified atom stereocenters. The van der Waals surface area contributed by atoms with E-state index in [1.54, 1.807) is 0 Å². The molecule has 0 saturated carbocycles. The van der Waals surface area contributed by atoms with Crippen LogP contribution in [0.1, 0.15) is 54.4 Å². The second-order valence-electron chi connectivity index (χ2n) is 8.11. The molecule has 29 heavy (non-hydrogen) atoms. The number of H-pyrrole nitrogens is 1. The molecular weight excluding hydrogens is 356 g/mol. The maximum Gasteiger partial charge on any atom is 0.0606 e. The lowest BCUT2D eigenvalue weighted by Crippen LogP contribution is -2.27. The van der Waals surface area contributed by atoms with Crippen LogP contribution in [0.25, 0.3) is 22.0 Å². The molecule has 4 heteroatoms. The number of nitrogens with one attached hydrogen (secondary N) is 2. The molecule has 0 aliphatic heterocycles. The molecule has 5 rings (SSSR count). The van der Waals surface area contributed by atoms with E-state index in [2.05, 4.69) is 82.0 Å². The number of aromatic nitrogens is 3. The molecule has 2 atom stereocenters. The Bertz CT molecular complexity index is 1150. The molecule has 146 valence electrons. The number of nitrogens with zero attached hydrogens (tertiary/aromatic N) is 2. The molecule has 0 bridgehead atoms. The average Bonchev–Trinajstić information content (AvgIpc) is 3.13. The minimum absolute atomic E-state index is 0.319. The molecule has 1 aliphatic rings. The third kappa shape index (κ3) is 3.45. The fourth-order valence-corrected chi connectivity index (χ4v) is 4.58. The van der Waals surface area contributed by atoms with Crippen molar-refractivity contribution in [3.05, 3.63) is 83.3 Å². The first-order valence-electron chi connectivity index (χ1n) is 10.4. The summed E-state index contributed by atoms with van der Waals surface area (Å²) in [5.41, 5.74) is 8.64. The Morgan fingerprint density at radius 1 is 1.07 bits per heavy atom. The average molecular weight is 383 g/mol. The van der Waals surface area contributed by atoms with Crippen LogP contribution in [0.3, 0.4) is 0 Å². The summed E-state index contributed by atoms with van der Waals surface area (Å²) in [4.78, 5) is 3.72. The Morgan fingerprint density at radius 3 is 2.76 bits per heavy atom. The fourth-order valence-electron chi connectivity index (χ4n) is 4.58. The van der Waals surface area contributed by atoms with Crippen LogP contribution in [-0.2, 0) is 6.42 Å². The highest BCUT2D eigenvalue weighted by atomic mass is 15.1. The summed E-state index contributed by atoms with van der Waals surface area (Å²) in [6, 6.07) is 20.2. The number of hydrogen-bond acceptors (Lipinski definition) is 3. The van der Waals surface area contributed by atoms with E-state index in [0.717, 1.165) is 24.1 Å². The molecule has 0 spiro atoms. The van der Waals surface area contributed by atoms with Crippen molar-refractivity contribution in [2.45, 2.75) is 45.2 Å².